The zero-order valence-electron chi connectivity index (χ0n) is 13.5. The third-order valence-corrected chi connectivity index (χ3v) is 3.30. The van der Waals surface area contributed by atoms with Gasteiger partial charge in [0.25, 0.3) is 0 Å². The summed E-state index contributed by atoms with van der Waals surface area (Å²) in [6, 6.07) is 13.3. The lowest BCUT2D eigenvalue weighted by Gasteiger charge is -2.09. The average Bonchev–Trinajstić information content (AvgIpc) is 2.57. The van der Waals surface area contributed by atoms with Crippen LogP contribution in [0.25, 0.3) is 6.08 Å². The van der Waals surface area contributed by atoms with Crippen LogP contribution >= 0.6 is 0 Å². The van der Waals surface area contributed by atoms with Crippen molar-refractivity contribution in [2.24, 2.45) is 0 Å². The van der Waals surface area contributed by atoms with Crippen molar-refractivity contribution in [3.05, 3.63) is 65.2 Å². The normalized spacial score (nSPS) is 10.6. The molecule has 23 heavy (non-hydrogen) atoms. The third kappa shape index (κ3) is 4.61. The quantitative estimate of drug-likeness (QED) is 0.601. The number of carbonyl (C=O) groups excluding carboxylic acids is 1. The molecule has 0 fully saturated rings. The Morgan fingerprint density at radius 2 is 1.87 bits per heavy atom. The number of benzene rings is 2. The molecule has 0 saturated heterocycles. The molecule has 0 atom stereocenters. The van der Waals surface area contributed by atoms with E-state index in [1.807, 2.05) is 43.3 Å². The second-order valence-electron chi connectivity index (χ2n) is 5.01. The maximum Gasteiger partial charge on any atom is 0.331 e. The first kappa shape index (κ1) is 16.6. The van der Waals surface area contributed by atoms with E-state index in [2.05, 4.69) is 0 Å². The fourth-order valence-corrected chi connectivity index (χ4v) is 2.21. The highest BCUT2D eigenvalue weighted by Gasteiger charge is 2.07. The molecule has 0 amide bonds. The Morgan fingerprint density at radius 1 is 1.09 bits per heavy atom. The molecule has 0 aliphatic heterocycles. The summed E-state index contributed by atoms with van der Waals surface area (Å²) in [5.74, 6) is 0.789. The molecule has 0 heterocycles. The maximum atomic E-state index is 11.8. The van der Waals surface area contributed by atoms with Gasteiger partial charge in [-0.2, -0.15) is 0 Å². The average molecular weight is 312 g/mol. The number of esters is 1. The first-order chi connectivity index (χ1) is 11.1. The van der Waals surface area contributed by atoms with Crippen LogP contribution in [0.2, 0.25) is 0 Å². The molecule has 0 radical (unpaired) electrons. The second kappa shape index (κ2) is 8.03. The molecule has 4 heteroatoms. The van der Waals surface area contributed by atoms with Gasteiger partial charge in [-0.1, -0.05) is 42.0 Å². The minimum absolute atomic E-state index is 0.250. The molecule has 4 nitrogen and oxygen atoms in total. The van der Waals surface area contributed by atoms with Crippen molar-refractivity contribution in [1.29, 1.82) is 0 Å². The molecule has 2 aromatic rings. The van der Waals surface area contributed by atoms with E-state index in [0.29, 0.717) is 11.5 Å². The van der Waals surface area contributed by atoms with Crippen molar-refractivity contribution in [2.45, 2.75) is 13.5 Å². The van der Waals surface area contributed by atoms with Crippen molar-refractivity contribution < 1.29 is 19.0 Å². The Labute approximate surface area is 136 Å². The van der Waals surface area contributed by atoms with Crippen molar-refractivity contribution in [3.63, 3.8) is 0 Å². The van der Waals surface area contributed by atoms with Crippen LogP contribution in [0.15, 0.2) is 48.5 Å². The lowest BCUT2D eigenvalue weighted by atomic mass is 10.1. The maximum absolute atomic E-state index is 11.8. The molecule has 0 spiro atoms. The monoisotopic (exact) mass is 312 g/mol. The van der Waals surface area contributed by atoms with Crippen molar-refractivity contribution in [3.8, 4) is 11.5 Å². The molecule has 0 saturated carbocycles. The smallest absolute Gasteiger partial charge is 0.331 e. The fraction of sp³-hybridized carbons (Fsp3) is 0.211. The topological polar surface area (TPSA) is 44.8 Å². The number of ether oxygens (including phenoxy) is 3. The van der Waals surface area contributed by atoms with E-state index >= 15 is 0 Å². The van der Waals surface area contributed by atoms with Crippen molar-refractivity contribution >= 4 is 12.0 Å². The SMILES string of the molecule is COc1cccc(/C=C/C(=O)OCc2cccc(C)c2)c1OC. The van der Waals surface area contributed by atoms with Gasteiger partial charge in [-0.3, -0.25) is 0 Å². The van der Waals surface area contributed by atoms with Crippen LogP contribution in [-0.2, 0) is 16.1 Å². The number of aryl methyl sites for hydroxylation is 1. The summed E-state index contributed by atoms with van der Waals surface area (Å²) in [6.07, 6.45) is 3.03. The van der Waals surface area contributed by atoms with E-state index in [4.69, 9.17) is 14.2 Å². The molecular formula is C19H20O4. The van der Waals surface area contributed by atoms with Crippen molar-refractivity contribution in [1.82, 2.24) is 0 Å². The van der Waals surface area contributed by atoms with Crippen LogP contribution in [0.1, 0.15) is 16.7 Å². The Morgan fingerprint density at radius 3 is 2.57 bits per heavy atom. The van der Waals surface area contributed by atoms with E-state index < -0.39 is 5.97 Å². The summed E-state index contributed by atoms with van der Waals surface area (Å²) in [6.45, 7) is 2.25. The van der Waals surface area contributed by atoms with Crippen LogP contribution < -0.4 is 9.47 Å². The summed E-state index contributed by atoms with van der Waals surface area (Å²) in [4.78, 5) is 11.8. The van der Waals surface area contributed by atoms with Crippen LogP contribution in [0.5, 0.6) is 11.5 Å². The zero-order valence-corrected chi connectivity index (χ0v) is 13.5. The van der Waals surface area contributed by atoms with Crippen LogP contribution in [0.3, 0.4) is 0 Å². The van der Waals surface area contributed by atoms with Crippen molar-refractivity contribution in [2.75, 3.05) is 14.2 Å². The van der Waals surface area contributed by atoms with E-state index in [0.717, 1.165) is 16.7 Å². The van der Waals surface area contributed by atoms with Gasteiger partial charge in [0.05, 0.1) is 14.2 Å². The number of rotatable bonds is 6. The standard InChI is InChI=1S/C19H20O4/c1-14-6-4-7-15(12-14)13-23-18(20)11-10-16-8-5-9-17(21-2)19(16)22-3/h4-12H,13H2,1-3H3/b11-10+. The molecule has 0 N–H and O–H groups in total. The number of methoxy groups -OCH3 is 2. The highest BCUT2D eigenvalue weighted by molar-refractivity contribution is 5.87. The molecule has 0 aliphatic rings. The summed E-state index contributed by atoms with van der Waals surface area (Å²) in [5.41, 5.74) is 2.85. The van der Waals surface area contributed by atoms with Gasteiger partial charge in [-0.05, 0) is 24.6 Å². The Kier molecular flexibility index (Phi) is 5.80. The molecular weight excluding hydrogens is 292 g/mol. The van der Waals surface area contributed by atoms with E-state index in [-0.39, 0.29) is 6.61 Å². The van der Waals surface area contributed by atoms with Crippen LogP contribution in [0, 0.1) is 6.92 Å². The molecule has 2 aromatic carbocycles. The number of para-hydroxylation sites is 1. The summed E-state index contributed by atoms with van der Waals surface area (Å²) >= 11 is 0. The Hall–Kier alpha value is -2.75. The molecule has 120 valence electrons. The van der Waals surface area contributed by atoms with Crippen LogP contribution in [0.4, 0.5) is 0 Å². The fourth-order valence-electron chi connectivity index (χ4n) is 2.21. The highest BCUT2D eigenvalue weighted by atomic mass is 16.5. The van der Waals surface area contributed by atoms with Gasteiger partial charge < -0.3 is 14.2 Å². The Bertz CT molecular complexity index is 704. The minimum Gasteiger partial charge on any atom is -0.493 e. The molecule has 0 bridgehead atoms. The van der Waals surface area contributed by atoms with E-state index in [9.17, 15) is 4.79 Å². The van der Waals surface area contributed by atoms with Gasteiger partial charge in [0.2, 0.25) is 0 Å². The lowest BCUT2D eigenvalue weighted by Crippen LogP contribution is -2.01. The molecule has 0 aromatic heterocycles. The molecule has 0 unspecified atom stereocenters. The first-order valence-electron chi connectivity index (χ1n) is 7.25. The van der Waals surface area contributed by atoms with Gasteiger partial charge in [-0.15, -0.1) is 0 Å². The predicted octanol–water partition coefficient (Wildman–Crippen LogP) is 3.77. The van der Waals surface area contributed by atoms with Gasteiger partial charge in [-0.25, -0.2) is 4.79 Å². The molecule has 2 rings (SSSR count). The summed E-state index contributed by atoms with van der Waals surface area (Å²) in [5, 5.41) is 0. The Balaban J connectivity index is 2.01. The summed E-state index contributed by atoms with van der Waals surface area (Å²) < 4.78 is 15.8. The highest BCUT2D eigenvalue weighted by Crippen LogP contribution is 2.31. The third-order valence-electron chi connectivity index (χ3n) is 3.30. The molecule has 0 aliphatic carbocycles. The minimum atomic E-state index is -0.406. The number of carbonyl (C=O) groups is 1. The van der Waals surface area contributed by atoms with Crippen LogP contribution in [-0.4, -0.2) is 20.2 Å². The first-order valence-corrected chi connectivity index (χ1v) is 7.25. The van der Waals surface area contributed by atoms with Gasteiger partial charge in [0.1, 0.15) is 6.61 Å². The zero-order chi connectivity index (χ0) is 16.7. The van der Waals surface area contributed by atoms with Gasteiger partial charge >= 0.3 is 5.97 Å². The predicted molar refractivity (Wildman–Crippen MR) is 89.6 cm³/mol. The largest absolute Gasteiger partial charge is 0.493 e. The van der Waals surface area contributed by atoms with E-state index in [1.54, 1.807) is 26.4 Å². The van der Waals surface area contributed by atoms with Gasteiger partial charge in [0.15, 0.2) is 11.5 Å². The van der Waals surface area contributed by atoms with E-state index in [1.165, 1.54) is 6.08 Å². The number of hydrogen-bond acceptors (Lipinski definition) is 4. The number of hydrogen-bond donors (Lipinski definition) is 0. The second-order valence-corrected chi connectivity index (χ2v) is 5.01. The lowest BCUT2D eigenvalue weighted by molar-refractivity contribution is -0.138. The van der Waals surface area contributed by atoms with Gasteiger partial charge in [0, 0.05) is 11.6 Å². The summed E-state index contributed by atoms with van der Waals surface area (Å²) in [7, 11) is 3.13.